The highest BCUT2D eigenvalue weighted by atomic mass is 35.5. The van der Waals surface area contributed by atoms with Crippen molar-refractivity contribution in [3.63, 3.8) is 0 Å². The number of piperidine rings is 1. The van der Waals surface area contributed by atoms with E-state index in [4.69, 9.17) is 26.8 Å². The number of halogens is 1. The summed E-state index contributed by atoms with van der Waals surface area (Å²) in [5, 5.41) is 0.695. The third kappa shape index (κ3) is 5.68. The molecule has 1 aliphatic heterocycles. The number of nitrogens with two attached hydrogens (primary N) is 1. The van der Waals surface area contributed by atoms with E-state index in [0.717, 1.165) is 37.9 Å². The molecule has 0 atom stereocenters. The smallest absolute Gasteiger partial charge is 0.260 e. The molecule has 6 heteroatoms. The zero-order valence-corrected chi connectivity index (χ0v) is 14.3. The summed E-state index contributed by atoms with van der Waals surface area (Å²) in [6.45, 7) is 4.75. The molecule has 1 saturated heterocycles. The third-order valence-corrected chi connectivity index (χ3v) is 4.41. The van der Waals surface area contributed by atoms with Crippen molar-refractivity contribution >= 4 is 17.5 Å². The Bertz CT molecular complexity index is 517. The normalized spacial score (nSPS) is 15.7. The largest absolute Gasteiger partial charge is 0.484 e. The molecule has 2 N–H and O–H groups in total. The number of carbonyl (C=O) groups excluding carboxylic acids is 1. The SMILES string of the molecule is Cc1cc(OCC(=O)N2CCC(OCCCN)CC2)ccc1Cl. The minimum Gasteiger partial charge on any atom is -0.484 e. The molecule has 1 aliphatic rings. The molecule has 0 radical (unpaired) electrons. The van der Waals surface area contributed by atoms with Gasteiger partial charge in [0, 0.05) is 24.7 Å². The van der Waals surface area contributed by atoms with Gasteiger partial charge in [0.15, 0.2) is 6.61 Å². The molecular weight excluding hydrogens is 316 g/mol. The van der Waals surface area contributed by atoms with Gasteiger partial charge in [-0.05, 0) is 56.5 Å². The molecular formula is C17H25ClN2O3. The van der Waals surface area contributed by atoms with Crippen LogP contribution in [0.2, 0.25) is 5.02 Å². The number of ether oxygens (including phenoxy) is 2. The predicted molar refractivity (Wildman–Crippen MR) is 90.9 cm³/mol. The Kier molecular flexibility index (Phi) is 7.15. The predicted octanol–water partition coefficient (Wildman–Crippen LogP) is 2.38. The standard InChI is InChI=1S/C17H25ClN2O3/c1-13-11-15(3-4-16(13)18)23-12-17(21)20-8-5-14(6-9-20)22-10-2-7-19/h3-4,11,14H,2,5-10,12,19H2,1H3. The van der Waals surface area contributed by atoms with Crippen molar-refractivity contribution in [2.24, 2.45) is 5.73 Å². The van der Waals surface area contributed by atoms with Gasteiger partial charge in [0.05, 0.1) is 6.10 Å². The van der Waals surface area contributed by atoms with Crippen LogP contribution in [0.5, 0.6) is 5.75 Å². The molecule has 1 fully saturated rings. The van der Waals surface area contributed by atoms with Gasteiger partial charge < -0.3 is 20.1 Å². The lowest BCUT2D eigenvalue weighted by atomic mass is 10.1. The second-order valence-electron chi connectivity index (χ2n) is 5.79. The number of nitrogens with zero attached hydrogens (tertiary/aromatic N) is 1. The number of benzene rings is 1. The van der Waals surface area contributed by atoms with Gasteiger partial charge >= 0.3 is 0 Å². The Morgan fingerprint density at radius 3 is 2.78 bits per heavy atom. The fraction of sp³-hybridized carbons (Fsp3) is 0.588. The average Bonchev–Trinajstić information content (AvgIpc) is 2.56. The fourth-order valence-corrected chi connectivity index (χ4v) is 2.67. The van der Waals surface area contributed by atoms with Crippen molar-refractivity contribution in [3.05, 3.63) is 28.8 Å². The quantitative estimate of drug-likeness (QED) is 0.774. The lowest BCUT2D eigenvalue weighted by Crippen LogP contribution is -2.43. The summed E-state index contributed by atoms with van der Waals surface area (Å²) < 4.78 is 11.3. The minimum atomic E-state index is 0.0120. The molecule has 23 heavy (non-hydrogen) atoms. The third-order valence-electron chi connectivity index (χ3n) is 3.99. The van der Waals surface area contributed by atoms with E-state index < -0.39 is 0 Å². The first-order chi connectivity index (χ1) is 11.1. The van der Waals surface area contributed by atoms with Crippen LogP contribution in [0, 0.1) is 6.92 Å². The molecule has 0 aromatic heterocycles. The molecule has 0 unspecified atom stereocenters. The van der Waals surface area contributed by atoms with Crippen LogP contribution in [0.15, 0.2) is 18.2 Å². The number of likely N-dealkylation sites (tertiary alicyclic amines) is 1. The average molecular weight is 341 g/mol. The van der Waals surface area contributed by atoms with Crippen LogP contribution in [-0.4, -0.2) is 49.8 Å². The maximum atomic E-state index is 12.2. The second-order valence-corrected chi connectivity index (χ2v) is 6.20. The van der Waals surface area contributed by atoms with Gasteiger partial charge in [-0.3, -0.25) is 4.79 Å². The first kappa shape index (κ1) is 18.0. The van der Waals surface area contributed by atoms with Gasteiger partial charge in [0.2, 0.25) is 0 Å². The first-order valence-electron chi connectivity index (χ1n) is 8.08. The van der Waals surface area contributed by atoms with Crippen LogP contribution < -0.4 is 10.5 Å². The number of hydrogen-bond donors (Lipinski definition) is 1. The van der Waals surface area contributed by atoms with Gasteiger partial charge in [0.1, 0.15) is 5.75 Å². The Labute approximate surface area is 142 Å². The molecule has 5 nitrogen and oxygen atoms in total. The van der Waals surface area contributed by atoms with E-state index >= 15 is 0 Å². The fourth-order valence-electron chi connectivity index (χ4n) is 2.55. The molecule has 1 heterocycles. The Hall–Kier alpha value is -1.30. The molecule has 1 aromatic carbocycles. The van der Waals surface area contributed by atoms with Crippen molar-refractivity contribution in [2.45, 2.75) is 32.3 Å². The summed E-state index contributed by atoms with van der Waals surface area (Å²) in [7, 11) is 0. The maximum absolute atomic E-state index is 12.2. The summed E-state index contributed by atoms with van der Waals surface area (Å²) in [5.41, 5.74) is 6.39. The van der Waals surface area contributed by atoms with E-state index in [1.165, 1.54) is 0 Å². The lowest BCUT2D eigenvalue weighted by Gasteiger charge is -2.32. The van der Waals surface area contributed by atoms with Gasteiger partial charge in [-0.1, -0.05) is 11.6 Å². The number of hydrogen-bond acceptors (Lipinski definition) is 4. The molecule has 1 amide bonds. The maximum Gasteiger partial charge on any atom is 0.260 e. The highest BCUT2D eigenvalue weighted by Gasteiger charge is 2.23. The molecule has 128 valence electrons. The first-order valence-corrected chi connectivity index (χ1v) is 8.46. The van der Waals surface area contributed by atoms with E-state index in [2.05, 4.69) is 0 Å². The van der Waals surface area contributed by atoms with Gasteiger partial charge in [-0.25, -0.2) is 0 Å². The number of aryl methyl sites for hydroxylation is 1. The topological polar surface area (TPSA) is 64.8 Å². The Balaban J connectivity index is 1.71. The van der Waals surface area contributed by atoms with Gasteiger partial charge in [-0.2, -0.15) is 0 Å². The summed E-state index contributed by atoms with van der Waals surface area (Å²) in [4.78, 5) is 14.0. The minimum absolute atomic E-state index is 0.0120. The molecule has 0 spiro atoms. The number of amides is 1. The van der Waals surface area contributed by atoms with E-state index in [9.17, 15) is 4.79 Å². The summed E-state index contributed by atoms with van der Waals surface area (Å²) in [5.74, 6) is 0.679. The summed E-state index contributed by atoms with van der Waals surface area (Å²) in [6, 6.07) is 5.40. The zero-order chi connectivity index (χ0) is 16.7. The second kappa shape index (κ2) is 9.11. The molecule has 2 rings (SSSR count). The molecule has 0 bridgehead atoms. The summed E-state index contributed by atoms with van der Waals surface area (Å²) >= 11 is 5.97. The van der Waals surface area contributed by atoms with E-state index in [-0.39, 0.29) is 18.6 Å². The van der Waals surface area contributed by atoms with Crippen molar-refractivity contribution in [3.8, 4) is 5.75 Å². The zero-order valence-electron chi connectivity index (χ0n) is 13.6. The lowest BCUT2D eigenvalue weighted by molar-refractivity contribution is -0.136. The van der Waals surface area contributed by atoms with E-state index in [1.807, 2.05) is 17.9 Å². The number of rotatable bonds is 7. The van der Waals surface area contributed by atoms with Crippen LogP contribution in [0.1, 0.15) is 24.8 Å². The highest BCUT2D eigenvalue weighted by molar-refractivity contribution is 6.31. The monoisotopic (exact) mass is 340 g/mol. The van der Waals surface area contributed by atoms with Crippen LogP contribution in [0.4, 0.5) is 0 Å². The van der Waals surface area contributed by atoms with Crippen molar-refractivity contribution in [1.29, 1.82) is 0 Å². The van der Waals surface area contributed by atoms with Crippen LogP contribution in [0.25, 0.3) is 0 Å². The number of carbonyl (C=O) groups is 1. The molecule has 0 aliphatic carbocycles. The Morgan fingerprint density at radius 2 is 2.13 bits per heavy atom. The summed E-state index contributed by atoms with van der Waals surface area (Å²) in [6.07, 6.45) is 2.87. The molecule has 1 aromatic rings. The van der Waals surface area contributed by atoms with Crippen LogP contribution in [0.3, 0.4) is 0 Å². The van der Waals surface area contributed by atoms with E-state index in [1.54, 1.807) is 12.1 Å². The van der Waals surface area contributed by atoms with Crippen molar-refractivity contribution in [1.82, 2.24) is 4.90 Å². The highest BCUT2D eigenvalue weighted by Crippen LogP contribution is 2.21. The Morgan fingerprint density at radius 1 is 1.39 bits per heavy atom. The van der Waals surface area contributed by atoms with Crippen molar-refractivity contribution in [2.75, 3.05) is 32.8 Å². The van der Waals surface area contributed by atoms with Crippen molar-refractivity contribution < 1.29 is 14.3 Å². The van der Waals surface area contributed by atoms with E-state index in [0.29, 0.717) is 23.9 Å². The van der Waals surface area contributed by atoms with Crippen LogP contribution in [-0.2, 0) is 9.53 Å². The van der Waals surface area contributed by atoms with Gasteiger partial charge in [-0.15, -0.1) is 0 Å². The molecule has 0 saturated carbocycles. The van der Waals surface area contributed by atoms with Crippen LogP contribution >= 0.6 is 11.6 Å². The van der Waals surface area contributed by atoms with Gasteiger partial charge in [0.25, 0.3) is 5.91 Å².